The molecule has 0 aliphatic carbocycles. The first-order valence-electron chi connectivity index (χ1n) is 8.49. The standard InChI is InChI=1S/C19H19N3O2S2/c1-12-13(2)25-17-16(12)18(21-11-20-17)26-15-6-4-3-5-14(15)19(23)22-7-9-24-10-8-22/h3-6,11H,7-10H2,1-2H3. The summed E-state index contributed by atoms with van der Waals surface area (Å²) in [5.74, 6) is 0.0555. The van der Waals surface area contributed by atoms with E-state index >= 15 is 0 Å². The molecule has 2 aromatic heterocycles. The van der Waals surface area contributed by atoms with Crippen LogP contribution in [0.4, 0.5) is 0 Å². The Morgan fingerprint density at radius 2 is 1.96 bits per heavy atom. The van der Waals surface area contributed by atoms with E-state index in [0.717, 1.165) is 25.7 Å². The van der Waals surface area contributed by atoms with Crippen molar-refractivity contribution < 1.29 is 9.53 Å². The molecule has 0 radical (unpaired) electrons. The summed E-state index contributed by atoms with van der Waals surface area (Å²) in [5.41, 5.74) is 1.93. The maximum Gasteiger partial charge on any atom is 0.255 e. The van der Waals surface area contributed by atoms with Crippen LogP contribution in [0.5, 0.6) is 0 Å². The first-order valence-corrected chi connectivity index (χ1v) is 10.1. The number of carbonyl (C=O) groups is 1. The molecule has 134 valence electrons. The van der Waals surface area contributed by atoms with Crippen LogP contribution in [0, 0.1) is 13.8 Å². The molecule has 4 rings (SSSR count). The predicted octanol–water partition coefficient (Wildman–Crippen LogP) is 3.93. The van der Waals surface area contributed by atoms with Gasteiger partial charge in [0.05, 0.1) is 18.8 Å². The van der Waals surface area contributed by atoms with E-state index in [-0.39, 0.29) is 5.91 Å². The summed E-state index contributed by atoms with van der Waals surface area (Å²) in [6, 6.07) is 7.75. The third-order valence-corrected chi connectivity index (χ3v) is 6.75. The quantitative estimate of drug-likeness (QED) is 0.640. The van der Waals surface area contributed by atoms with Crippen LogP contribution in [0.2, 0.25) is 0 Å². The first-order chi connectivity index (χ1) is 12.6. The Labute approximate surface area is 160 Å². The highest BCUT2D eigenvalue weighted by atomic mass is 32.2. The number of morpholine rings is 1. The molecule has 0 saturated carbocycles. The Morgan fingerprint density at radius 1 is 1.19 bits per heavy atom. The molecule has 26 heavy (non-hydrogen) atoms. The van der Waals surface area contributed by atoms with Gasteiger partial charge in [0, 0.05) is 28.2 Å². The number of benzene rings is 1. The lowest BCUT2D eigenvalue weighted by Crippen LogP contribution is -2.40. The zero-order valence-corrected chi connectivity index (χ0v) is 16.3. The number of amides is 1. The van der Waals surface area contributed by atoms with Crippen molar-refractivity contribution in [1.82, 2.24) is 14.9 Å². The van der Waals surface area contributed by atoms with Gasteiger partial charge in [0.2, 0.25) is 0 Å². The van der Waals surface area contributed by atoms with Crippen LogP contribution in [-0.2, 0) is 4.74 Å². The van der Waals surface area contributed by atoms with E-state index < -0.39 is 0 Å². The van der Waals surface area contributed by atoms with E-state index in [4.69, 9.17) is 4.74 Å². The van der Waals surface area contributed by atoms with Crippen molar-refractivity contribution >= 4 is 39.2 Å². The normalized spacial score (nSPS) is 14.8. The number of aryl methyl sites for hydroxylation is 2. The molecule has 1 fully saturated rings. The summed E-state index contributed by atoms with van der Waals surface area (Å²) in [5, 5.41) is 1.99. The number of nitrogens with zero attached hydrogens (tertiary/aromatic N) is 3. The van der Waals surface area contributed by atoms with Crippen molar-refractivity contribution in [3.63, 3.8) is 0 Å². The smallest absolute Gasteiger partial charge is 0.255 e. The maximum atomic E-state index is 13.0. The van der Waals surface area contributed by atoms with Crippen molar-refractivity contribution in [2.75, 3.05) is 26.3 Å². The first kappa shape index (κ1) is 17.5. The summed E-state index contributed by atoms with van der Waals surface area (Å²) in [7, 11) is 0. The lowest BCUT2D eigenvalue weighted by Gasteiger charge is -2.27. The number of carbonyl (C=O) groups excluding carboxylic acids is 1. The van der Waals surface area contributed by atoms with Crippen LogP contribution >= 0.6 is 23.1 Å². The zero-order valence-electron chi connectivity index (χ0n) is 14.7. The van der Waals surface area contributed by atoms with Crippen LogP contribution in [0.3, 0.4) is 0 Å². The van der Waals surface area contributed by atoms with Gasteiger partial charge < -0.3 is 9.64 Å². The van der Waals surface area contributed by atoms with Gasteiger partial charge in [-0.15, -0.1) is 11.3 Å². The minimum Gasteiger partial charge on any atom is -0.378 e. The number of thiophene rings is 1. The molecule has 3 aromatic rings. The number of fused-ring (bicyclic) bond motifs is 1. The second-order valence-electron chi connectivity index (χ2n) is 6.15. The van der Waals surface area contributed by atoms with E-state index in [1.54, 1.807) is 29.4 Å². The Hall–Kier alpha value is -1.96. The fourth-order valence-corrected chi connectivity index (χ4v) is 5.13. The van der Waals surface area contributed by atoms with E-state index in [1.807, 2.05) is 29.2 Å². The van der Waals surface area contributed by atoms with Crippen LogP contribution < -0.4 is 0 Å². The molecule has 1 aromatic carbocycles. The average Bonchev–Trinajstić information content (AvgIpc) is 2.97. The molecule has 7 heteroatoms. The third-order valence-electron chi connectivity index (χ3n) is 4.55. The van der Waals surface area contributed by atoms with Crippen molar-refractivity contribution in [3.05, 3.63) is 46.6 Å². The fraction of sp³-hybridized carbons (Fsp3) is 0.316. The fourth-order valence-electron chi connectivity index (χ4n) is 3.00. The highest BCUT2D eigenvalue weighted by Crippen LogP contribution is 2.38. The molecule has 1 amide bonds. The SMILES string of the molecule is Cc1sc2ncnc(Sc3ccccc3C(=O)N3CCOCC3)c2c1C. The van der Waals surface area contributed by atoms with Gasteiger partial charge in [-0.2, -0.15) is 0 Å². The van der Waals surface area contributed by atoms with Gasteiger partial charge in [-0.25, -0.2) is 9.97 Å². The largest absolute Gasteiger partial charge is 0.378 e. The molecule has 1 saturated heterocycles. The molecule has 0 spiro atoms. The van der Waals surface area contributed by atoms with Gasteiger partial charge in [-0.3, -0.25) is 4.79 Å². The Bertz CT molecular complexity index is 965. The molecule has 0 unspecified atom stereocenters. The summed E-state index contributed by atoms with van der Waals surface area (Å²) in [6.07, 6.45) is 1.60. The molecular formula is C19H19N3O2S2. The van der Waals surface area contributed by atoms with Crippen LogP contribution in [-0.4, -0.2) is 47.1 Å². The van der Waals surface area contributed by atoms with Crippen molar-refractivity contribution in [1.29, 1.82) is 0 Å². The predicted molar refractivity (Wildman–Crippen MR) is 104 cm³/mol. The number of hydrogen-bond acceptors (Lipinski definition) is 6. The lowest BCUT2D eigenvalue weighted by molar-refractivity contribution is 0.0300. The Balaban J connectivity index is 1.71. The van der Waals surface area contributed by atoms with Crippen LogP contribution in [0.15, 0.2) is 40.5 Å². The maximum absolute atomic E-state index is 13.0. The second-order valence-corrected chi connectivity index (χ2v) is 8.38. The monoisotopic (exact) mass is 385 g/mol. The molecule has 5 nitrogen and oxygen atoms in total. The van der Waals surface area contributed by atoms with Gasteiger partial charge in [0.15, 0.2) is 0 Å². The summed E-state index contributed by atoms with van der Waals surface area (Å²) in [4.78, 5) is 26.9. The summed E-state index contributed by atoms with van der Waals surface area (Å²) >= 11 is 3.22. The molecule has 3 heterocycles. The van der Waals surface area contributed by atoms with Gasteiger partial charge in [-0.1, -0.05) is 23.9 Å². The van der Waals surface area contributed by atoms with Gasteiger partial charge >= 0.3 is 0 Å². The zero-order chi connectivity index (χ0) is 18.1. The molecular weight excluding hydrogens is 366 g/mol. The Morgan fingerprint density at radius 3 is 2.77 bits per heavy atom. The number of aromatic nitrogens is 2. The van der Waals surface area contributed by atoms with Gasteiger partial charge in [0.25, 0.3) is 5.91 Å². The van der Waals surface area contributed by atoms with E-state index in [9.17, 15) is 4.79 Å². The minimum atomic E-state index is 0.0555. The topological polar surface area (TPSA) is 55.3 Å². The molecule has 1 aliphatic rings. The van der Waals surface area contributed by atoms with E-state index in [0.29, 0.717) is 26.3 Å². The molecule has 0 bridgehead atoms. The van der Waals surface area contributed by atoms with Gasteiger partial charge in [0.1, 0.15) is 16.2 Å². The van der Waals surface area contributed by atoms with Crippen LogP contribution in [0.25, 0.3) is 10.2 Å². The number of hydrogen-bond donors (Lipinski definition) is 0. The molecule has 1 aliphatic heterocycles. The van der Waals surface area contributed by atoms with Crippen molar-refractivity contribution in [3.8, 4) is 0 Å². The molecule has 0 atom stereocenters. The Kier molecular flexibility index (Phi) is 4.93. The summed E-state index contributed by atoms with van der Waals surface area (Å²) in [6.45, 7) is 6.68. The molecule has 0 N–H and O–H groups in total. The highest BCUT2D eigenvalue weighted by molar-refractivity contribution is 7.99. The van der Waals surface area contributed by atoms with E-state index in [1.165, 1.54) is 10.4 Å². The third kappa shape index (κ3) is 3.22. The highest BCUT2D eigenvalue weighted by Gasteiger charge is 2.22. The van der Waals surface area contributed by atoms with Gasteiger partial charge in [-0.05, 0) is 31.5 Å². The van der Waals surface area contributed by atoms with Crippen molar-refractivity contribution in [2.45, 2.75) is 23.8 Å². The summed E-state index contributed by atoms with van der Waals surface area (Å²) < 4.78 is 5.36. The van der Waals surface area contributed by atoms with E-state index in [2.05, 4.69) is 23.8 Å². The van der Waals surface area contributed by atoms with Crippen LogP contribution in [0.1, 0.15) is 20.8 Å². The number of rotatable bonds is 3. The minimum absolute atomic E-state index is 0.0555. The van der Waals surface area contributed by atoms with Crippen molar-refractivity contribution in [2.24, 2.45) is 0 Å². The average molecular weight is 386 g/mol. The second kappa shape index (κ2) is 7.34. The lowest BCUT2D eigenvalue weighted by atomic mass is 10.2. The number of ether oxygens (including phenoxy) is 1.